The lowest BCUT2D eigenvalue weighted by Crippen LogP contribution is -2.79. The van der Waals surface area contributed by atoms with Gasteiger partial charge in [0.1, 0.15) is 23.9 Å². The molecule has 15 nitrogen and oxygen atoms in total. The molecule has 1 spiro atoms. The second kappa shape index (κ2) is 12.4. The van der Waals surface area contributed by atoms with Crippen LogP contribution in [0.3, 0.4) is 0 Å². The van der Waals surface area contributed by atoms with E-state index in [9.17, 15) is 39.0 Å². The van der Waals surface area contributed by atoms with Crippen molar-refractivity contribution in [3.8, 4) is 0 Å². The van der Waals surface area contributed by atoms with E-state index < -0.39 is 106 Å². The molecule has 1 amide bonds. The number of Topliss-reactive ketones (excluding diaryl/α,β-unsaturated/α-hetero) is 1. The number of hydrogen-bond acceptors (Lipinski definition) is 14. The number of esters is 4. The fourth-order valence-corrected chi connectivity index (χ4v) is 10.1. The van der Waals surface area contributed by atoms with Gasteiger partial charge < -0.3 is 38.6 Å². The smallest absolute Gasteiger partial charge is 0.411 e. The molecule has 0 aromatic rings. The molecule has 1 unspecified atom stereocenters. The fourth-order valence-electron chi connectivity index (χ4n) is 10.1. The molecule has 3 heterocycles. The first-order chi connectivity index (χ1) is 23.7. The minimum Gasteiger partial charge on any atom is -0.467 e. The standard InChI is InChI=1S/C36H47NO14/c1-16(2)12-22(39)49-25-27-35-15-47-36(27,31(44)46-8)28(41)23(40)26(35)34(7)14-20(38)24(17(3)18(34)13-21(35)48-30(25)43)50-29(42)19-10-9-11-37(19)32(45)51-33(4,5)6/h12,18-19,21,23,25-28,40-41H,9-11,13-15H2,1-8H3/t18-,19-,21+,23+,25+,26?,27+,28-,34-,35+,36-/m0/s1. The van der Waals surface area contributed by atoms with Crippen molar-refractivity contribution >= 4 is 35.8 Å². The molecule has 6 rings (SSSR count). The van der Waals surface area contributed by atoms with Gasteiger partial charge >= 0.3 is 30.0 Å². The first-order valence-corrected chi connectivity index (χ1v) is 17.3. The highest BCUT2D eigenvalue weighted by atomic mass is 16.6. The Kier molecular flexibility index (Phi) is 8.99. The van der Waals surface area contributed by atoms with E-state index in [1.54, 1.807) is 48.5 Å². The number of carbonyl (C=O) groups excluding carboxylic acids is 6. The average molecular weight is 718 g/mol. The number of hydrogen-bond donors (Lipinski definition) is 2. The van der Waals surface area contributed by atoms with Crippen LogP contribution in [0.15, 0.2) is 23.0 Å². The Morgan fingerprint density at radius 3 is 2.39 bits per heavy atom. The molecule has 11 atom stereocenters. The summed E-state index contributed by atoms with van der Waals surface area (Å²) in [6, 6.07) is -0.973. The van der Waals surface area contributed by atoms with E-state index in [1.165, 1.54) is 11.0 Å². The summed E-state index contributed by atoms with van der Waals surface area (Å²) in [6.45, 7) is 11.8. The largest absolute Gasteiger partial charge is 0.467 e. The van der Waals surface area contributed by atoms with Crippen LogP contribution in [0.25, 0.3) is 0 Å². The van der Waals surface area contributed by atoms with Crippen LogP contribution in [0.4, 0.5) is 4.79 Å². The Labute approximate surface area is 295 Å². The summed E-state index contributed by atoms with van der Waals surface area (Å²) in [5.74, 6) is -7.46. The van der Waals surface area contributed by atoms with Gasteiger partial charge in [-0.3, -0.25) is 9.69 Å². The molecule has 0 aromatic carbocycles. The lowest BCUT2D eigenvalue weighted by molar-refractivity contribution is -0.290. The summed E-state index contributed by atoms with van der Waals surface area (Å²) < 4.78 is 34.2. The first-order valence-electron chi connectivity index (χ1n) is 17.3. The van der Waals surface area contributed by atoms with Gasteiger partial charge in [-0.2, -0.15) is 0 Å². The quantitative estimate of drug-likeness (QED) is 0.237. The molecule has 2 bridgehead atoms. The van der Waals surface area contributed by atoms with Gasteiger partial charge in [0.25, 0.3) is 0 Å². The number of allylic oxidation sites excluding steroid dienone is 3. The molecular weight excluding hydrogens is 670 g/mol. The number of amides is 1. The van der Waals surface area contributed by atoms with Gasteiger partial charge in [0.2, 0.25) is 11.7 Å². The van der Waals surface area contributed by atoms with Crippen LogP contribution in [-0.4, -0.2) is 113 Å². The van der Waals surface area contributed by atoms with Crippen molar-refractivity contribution < 1.29 is 67.4 Å². The summed E-state index contributed by atoms with van der Waals surface area (Å²) in [4.78, 5) is 82.1. The van der Waals surface area contributed by atoms with Crippen LogP contribution in [-0.2, 0) is 52.4 Å². The number of rotatable bonds is 5. The third-order valence-corrected chi connectivity index (χ3v) is 11.8. The predicted molar refractivity (Wildman–Crippen MR) is 172 cm³/mol. The zero-order chi connectivity index (χ0) is 37.6. The van der Waals surface area contributed by atoms with E-state index in [4.69, 9.17) is 28.4 Å². The monoisotopic (exact) mass is 717 g/mol. The number of carbonyl (C=O) groups is 6. The Morgan fingerprint density at radius 1 is 1.08 bits per heavy atom. The number of fused-ring (bicyclic) bond motifs is 2. The number of aliphatic hydroxyl groups excluding tert-OH is 2. The maximum Gasteiger partial charge on any atom is 0.411 e. The maximum atomic E-state index is 14.1. The average Bonchev–Trinajstić information content (AvgIpc) is 3.63. The van der Waals surface area contributed by atoms with Crippen molar-refractivity contribution in [2.24, 2.45) is 28.6 Å². The van der Waals surface area contributed by atoms with Crippen LogP contribution in [0, 0.1) is 28.6 Å². The number of likely N-dealkylation sites (tertiary alicyclic amines) is 1. The van der Waals surface area contributed by atoms with Crippen molar-refractivity contribution in [2.75, 3.05) is 20.3 Å². The molecule has 280 valence electrons. The second-order valence-electron chi connectivity index (χ2n) is 16.2. The highest BCUT2D eigenvalue weighted by Crippen LogP contribution is 2.73. The Bertz CT molecular complexity index is 1620. The van der Waals surface area contributed by atoms with Gasteiger partial charge in [-0.05, 0) is 77.7 Å². The second-order valence-corrected chi connectivity index (χ2v) is 16.2. The highest BCUT2D eigenvalue weighted by molar-refractivity contribution is 5.99. The Balaban J connectivity index is 1.39. The van der Waals surface area contributed by atoms with Crippen molar-refractivity contribution in [1.29, 1.82) is 0 Å². The van der Waals surface area contributed by atoms with Crippen LogP contribution >= 0.6 is 0 Å². The Hall–Kier alpha value is -3.82. The highest BCUT2D eigenvalue weighted by Gasteiger charge is 2.85. The molecule has 0 aromatic heterocycles. The normalized spacial score (nSPS) is 39.7. The van der Waals surface area contributed by atoms with Gasteiger partial charge in [0.05, 0.1) is 25.7 Å². The van der Waals surface area contributed by atoms with E-state index in [0.717, 1.165) is 7.11 Å². The van der Waals surface area contributed by atoms with Gasteiger partial charge in [0, 0.05) is 30.4 Å². The maximum absolute atomic E-state index is 14.1. The number of ether oxygens (including phenoxy) is 6. The first kappa shape index (κ1) is 37.0. The predicted octanol–water partition coefficient (Wildman–Crippen LogP) is 1.90. The molecule has 3 aliphatic heterocycles. The molecule has 15 heteroatoms. The van der Waals surface area contributed by atoms with Crippen LogP contribution in [0.5, 0.6) is 0 Å². The summed E-state index contributed by atoms with van der Waals surface area (Å²) in [5, 5.41) is 23.8. The SMILES string of the molecule is COC(=O)[C@@]12OC[C@]34C([C@@H](O)[C@@H]1O)[C@@]1(C)CC(=O)C(OC(=O)[C@@H]5CCCN5C(=O)OC(C)(C)C)=C(C)[C@@H]1C[C@H]3OC(=O)[C@H](OC(=O)C=C(C)C)[C@@H]24. The van der Waals surface area contributed by atoms with E-state index in [0.29, 0.717) is 24.0 Å². The summed E-state index contributed by atoms with van der Waals surface area (Å²) >= 11 is 0. The number of nitrogens with zero attached hydrogens (tertiary/aromatic N) is 1. The van der Waals surface area contributed by atoms with Gasteiger partial charge in [0.15, 0.2) is 11.5 Å². The molecule has 6 aliphatic rings. The Morgan fingerprint density at radius 2 is 1.76 bits per heavy atom. The zero-order valence-electron chi connectivity index (χ0n) is 30.2. The van der Waals surface area contributed by atoms with Crippen molar-refractivity contribution in [1.82, 2.24) is 4.90 Å². The lowest BCUT2D eigenvalue weighted by Gasteiger charge is -2.67. The minimum absolute atomic E-state index is 0.0704. The topological polar surface area (TPSA) is 201 Å². The third-order valence-electron chi connectivity index (χ3n) is 11.8. The molecule has 0 radical (unpaired) electrons. The number of methoxy groups -OCH3 is 1. The lowest BCUT2D eigenvalue weighted by atomic mass is 9.38. The van der Waals surface area contributed by atoms with Crippen molar-refractivity contribution in [2.45, 2.75) is 116 Å². The van der Waals surface area contributed by atoms with Gasteiger partial charge in [-0.15, -0.1) is 0 Å². The van der Waals surface area contributed by atoms with E-state index in [1.807, 2.05) is 0 Å². The molecular formula is C36H47NO14. The summed E-state index contributed by atoms with van der Waals surface area (Å²) in [7, 11) is 1.08. The number of ketones is 1. The zero-order valence-corrected chi connectivity index (χ0v) is 30.2. The van der Waals surface area contributed by atoms with Crippen molar-refractivity contribution in [3.63, 3.8) is 0 Å². The molecule has 2 saturated carbocycles. The van der Waals surface area contributed by atoms with Gasteiger partial charge in [-0.1, -0.05) is 12.5 Å². The van der Waals surface area contributed by atoms with Crippen molar-refractivity contribution in [3.05, 3.63) is 23.0 Å². The summed E-state index contributed by atoms with van der Waals surface area (Å²) in [5.41, 5.74) is -4.70. The third kappa shape index (κ3) is 5.40. The molecule has 3 saturated heterocycles. The fraction of sp³-hybridized carbons (Fsp3) is 0.722. The molecule has 5 fully saturated rings. The van der Waals surface area contributed by atoms with E-state index >= 15 is 0 Å². The minimum atomic E-state index is -2.30. The van der Waals surface area contributed by atoms with Crippen LogP contribution in [0.1, 0.15) is 74.1 Å². The molecule has 2 N–H and O–H groups in total. The van der Waals surface area contributed by atoms with Crippen LogP contribution < -0.4 is 0 Å². The molecule has 51 heavy (non-hydrogen) atoms. The number of aliphatic hydroxyl groups is 2. The van der Waals surface area contributed by atoms with Crippen LogP contribution in [0.2, 0.25) is 0 Å². The van der Waals surface area contributed by atoms with E-state index in [2.05, 4.69) is 0 Å². The van der Waals surface area contributed by atoms with Gasteiger partial charge in [-0.25, -0.2) is 24.0 Å². The van der Waals surface area contributed by atoms with E-state index in [-0.39, 0.29) is 31.8 Å². The summed E-state index contributed by atoms with van der Waals surface area (Å²) in [6.07, 6.45) is -5.24. The molecule has 3 aliphatic carbocycles.